The molecule has 4 aromatic rings. The molecule has 125 valence electrons. The third kappa shape index (κ3) is 3.55. The molecule has 1 radical (unpaired) electrons. The molecule has 0 aliphatic carbocycles. The SMILES string of the molecule is O=C(Nc1c[c]ccc1)c1cc(-c2ccc(-c3ccncc3)cc2)cs1. The van der Waals surface area contributed by atoms with Crippen LogP contribution in [0.4, 0.5) is 5.69 Å². The minimum Gasteiger partial charge on any atom is -0.321 e. The van der Waals surface area contributed by atoms with Crippen LogP contribution in [0.25, 0.3) is 22.3 Å². The van der Waals surface area contributed by atoms with E-state index in [4.69, 9.17) is 0 Å². The summed E-state index contributed by atoms with van der Waals surface area (Å²) in [4.78, 5) is 17.1. The number of amides is 1. The van der Waals surface area contributed by atoms with Crippen molar-refractivity contribution in [1.82, 2.24) is 4.98 Å². The molecule has 0 saturated heterocycles. The lowest BCUT2D eigenvalue weighted by molar-refractivity contribution is 0.103. The zero-order valence-electron chi connectivity index (χ0n) is 13.8. The molecule has 26 heavy (non-hydrogen) atoms. The third-order valence-electron chi connectivity index (χ3n) is 4.02. The maximum absolute atomic E-state index is 12.4. The van der Waals surface area contributed by atoms with Gasteiger partial charge in [0.15, 0.2) is 0 Å². The van der Waals surface area contributed by atoms with Gasteiger partial charge in [-0.25, -0.2) is 0 Å². The van der Waals surface area contributed by atoms with Crippen molar-refractivity contribution in [2.75, 3.05) is 5.32 Å². The number of anilines is 1. The van der Waals surface area contributed by atoms with Crippen LogP contribution in [0.15, 0.2) is 84.5 Å². The van der Waals surface area contributed by atoms with E-state index in [-0.39, 0.29) is 5.91 Å². The highest BCUT2D eigenvalue weighted by Gasteiger charge is 2.10. The lowest BCUT2D eigenvalue weighted by atomic mass is 10.0. The van der Waals surface area contributed by atoms with Crippen molar-refractivity contribution in [2.45, 2.75) is 0 Å². The number of aromatic nitrogens is 1. The molecule has 0 aliphatic rings. The topological polar surface area (TPSA) is 42.0 Å². The van der Waals surface area contributed by atoms with Crippen molar-refractivity contribution in [3.05, 3.63) is 95.4 Å². The molecule has 2 aromatic carbocycles. The summed E-state index contributed by atoms with van der Waals surface area (Å²) in [6, 6.07) is 24.4. The molecular weight excluding hydrogens is 340 g/mol. The summed E-state index contributed by atoms with van der Waals surface area (Å²) in [6.07, 6.45) is 3.58. The second-order valence-electron chi connectivity index (χ2n) is 5.76. The third-order valence-corrected chi connectivity index (χ3v) is 4.95. The summed E-state index contributed by atoms with van der Waals surface area (Å²) in [5, 5.41) is 4.90. The first-order valence-corrected chi connectivity index (χ1v) is 9.04. The fourth-order valence-corrected chi connectivity index (χ4v) is 3.48. The Balaban J connectivity index is 1.52. The standard InChI is InChI=1S/C22H15N2OS/c25-22(24-20-4-2-1-3-5-20)21-14-19(15-26-21)17-8-6-16(7-9-17)18-10-12-23-13-11-18/h1-2,4-15H,(H,24,25). The molecule has 0 aliphatic heterocycles. The molecule has 0 unspecified atom stereocenters. The van der Waals surface area contributed by atoms with Gasteiger partial charge in [0.25, 0.3) is 5.91 Å². The fraction of sp³-hybridized carbons (Fsp3) is 0. The van der Waals surface area contributed by atoms with Crippen molar-refractivity contribution in [1.29, 1.82) is 0 Å². The monoisotopic (exact) mass is 355 g/mol. The van der Waals surface area contributed by atoms with Gasteiger partial charge in [-0.3, -0.25) is 9.78 Å². The summed E-state index contributed by atoms with van der Waals surface area (Å²) >= 11 is 1.44. The van der Waals surface area contributed by atoms with Gasteiger partial charge in [-0.05, 0) is 64.0 Å². The molecular formula is C22H15N2OS. The second kappa shape index (κ2) is 7.33. The maximum atomic E-state index is 12.4. The Bertz CT molecular complexity index is 1010. The summed E-state index contributed by atoms with van der Waals surface area (Å²) in [7, 11) is 0. The maximum Gasteiger partial charge on any atom is 0.265 e. The van der Waals surface area contributed by atoms with Crippen LogP contribution in [0.2, 0.25) is 0 Å². The summed E-state index contributed by atoms with van der Waals surface area (Å²) in [6.45, 7) is 0. The molecule has 0 bridgehead atoms. The number of nitrogens with zero attached hydrogens (tertiary/aromatic N) is 1. The van der Waals surface area contributed by atoms with Gasteiger partial charge in [-0.1, -0.05) is 36.4 Å². The van der Waals surface area contributed by atoms with Crippen LogP contribution in [-0.4, -0.2) is 10.9 Å². The Morgan fingerprint density at radius 2 is 1.62 bits per heavy atom. The highest BCUT2D eigenvalue weighted by Crippen LogP contribution is 2.28. The normalized spacial score (nSPS) is 10.5. The van der Waals surface area contributed by atoms with Gasteiger partial charge in [-0.15, -0.1) is 11.3 Å². The number of pyridine rings is 1. The van der Waals surface area contributed by atoms with E-state index in [1.54, 1.807) is 24.5 Å². The van der Waals surface area contributed by atoms with E-state index < -0.39 is 0 Å². The zero-order chi connectivity index (χ0) is 17.8. The van der Waals surface area contributed by atoms with E-state index in [0.717, 1.165) is 27.9 Å². The van der Waals surface area contributed by atoms with Crippen LogP contribution >= 0.6 is 11.3 Å². The van der Waals surface area contributed by atoms with E-state index >= 15 is 0 Å². The number of benzene rings is 2. The Labute approximate surface area is 156 Å². The smallest absolute Gasteiger partial charge is 0.265 e. The van der Waals surface area contributed by atoms with Gasteiger partial charge in [-0.2, -0.15) is 0 Å². The largest absolute Gasteiger partial charge is 0.321 e. The molecule has 0 saturated carbocycles. The number of rotatable bonds is 4. The number of carbonyl (C=O) groups is 1. The number of thiophene rings is 1. The van der Waals surface area contributed by atoms with Gasteiger partial charge in [0.2, 0.25) is 0 Å². The summed E-state index contributed by atoms with van der Waals surface area (Å²) in [5.41, 5.74) is 5.16. The van der Waals surface area contributed by atoms with Crippen LogP contribution < -0.4 is 5.32 Å². The Morgan fingerprint density at radius 3 is 2.31 bits per heavy atom. The molecule has 4 rings (SSSR count). The van der Waals surface area contributed by atoms with E-state index in [2.05, 4.69) is 40.6 Å². The Morgan fingerprint density at radius 1 is 0.923 bits per heavy atom. The van der Waals surface area contributed by atoms with Crippen molar-refractivity contribution in [3.8, 4) is 22.3 Å². The average Bonchev–Trinajstić information content (AvgIpc) is 3.20. The molecule has 3 nitrogen and oxygen atoms in total. The predicted octanol–water partition coefficient (Wildman–Crippen LogP) is 5.53. The Kier molecular flexibility index (Phi) is 4.58. The predicted molar refractivity (Wildman–Crippen MR) is 106 cm³/mol. The quantitative estimate of drug-likeness (QED) is 0.523. The number of hydrogen-bond acceptors (Lipinski definition) is 3. The van der Waals surface area contributed by atoms with Gasteiger partial charge in [0.1, 0.15) is 0 Å². The first-order valence-electron chi connectivity index (χ1n) is 8.16. The molecule has 1 N–H and O–H groups in total. The lowest BCUT2D eigenvalue weighted by Crippen LogP contribution is -2.09. The minimum atomic E-state index is -0.103. The Hall–Kier alpha value is -3.24. The first-order chi connectivity index (χ1) is 12.8. The van der Waals surface area contributed by atoms with E-state index in [1.807, 2.05) is 35.7 Å². The highest BCUT2D eigenvalue weighted by atomic mass is 32.1. The van der Waals surface area contributed by atoms with E-state index in [1.165, 1.54) is 11.3 Å². The highest BCUT2D eigenvalue weighted by molar-refractivity contribution is 7.12. The first kappa shape index (κ1) is 16.2. The second-order valence-corrected chi connectivity index (χ2v) is 6.67. The number of hydrogen-bond donors (Lipinski definition) is 1. The van der Waals surface area contributed by atoms with Crippen molar-refractivity contribution in [2.24, 2.45) is 0 Å². The zero-order valence-corrected chi connectivity index (χ0v) is 14.7. The summed E-state index contributed by atoms with van der Waals surface area (Å²) in [5.74, 6) is -0.103. The molecule has 0 spiro atoms. The molecule has 0 atom stereocenters. The molecule has 2 aromatic heterocycles. The van der Waals surface area contributed by atoms with Crippen LogP contribution in [-0.2, 0) is 0 Å². The van der Waals surface area contributed by atoms with Crippen molar-refractivity contribution >= 4 is 22.9 Å². The molecule has 0 fully saturated rings. The van der Waals surface area contributed by atoms with Crippen molar-refractivity contribution in [3.63, 3.8) is 0 Å². The summed E-state index contributed by atoms with van der Waals surface area (Å²) < 4.78 is 0. The van der Waals surface area contributed by atoms with Crippen LogP contribution in [0.1, 0.15) is 9.67 Å². The van der Waals surface area contributed by atoms with Crippen LogP contribution in [0.5, 0.6) is 0 Å². The van der Waals surface area contributed by atoms with Gasteiger partial charge < -0.3 is 5.32 Å². The lowest BCUT2D eigenvalue weighted by Gasteiger charge is -2.03. The van der Waals surface area contributed by atoms with Crippen molar-refractivity contribution < 1.29 is 4.79 Å². The van der Waals surface area contributed by atoms with Gasteiger partial charge in [0.05, 0.1) is 4.88 Å². The van der Waals surface area contributed by atoms with E-state index in [9.17, 15) is 4.79 Å². The van der Waals surface area contributed by atoms with Crippen LogP contribution in [0.3, 0.4) is 0 Å². The van der Waals surface area contributed by atoms with Gasteiger partial charge in [0, 0.05) is 18.1 Å². The minimum absolute atomic E-state index is 0.103. The fourth-order valence-electron chi connectivity index (χ4n) is 2.67. The molecule has 1 amide bonds. The van der Waals surface area contributed by atoms with Gasteiger partial charge >= 0.3 is 0 Å². The van der Waals surface area contributed by atoms with Crippen LogP contribution in [0, 0.1) is 6.07 Å². The molecule has 4 heteroatoms. The number of nitrogens with one attached hydrogen (secondary N) is 1. The van der Waals surface area contributed by atoms with E-state index in [0.29, 0.717) is 4.88 Å². The average molecular weight is 355 g/mol. The molecule has 2 heterocycles. The number of carbonyl (C=O) groups excluding carboxylic acids is 1.